The summed E-state index contributed by atoms with van der Waals surface area (Å²) in [5.41, 5.74) is 6.72. The first-order valence-corrected chi connectivity index (χ1v) is 6.74. The number of pyridine rings is 1. The van der Waals surface area contributed by atoms with Gasteiger partial charge in [-0.05, 0) is 19.4 Å². The third-order valence-electron chi connectivity index (χ3n) is 3.39. The normalized spacial score (nSPS) is 17.1. The molecule has 0 radical (unpaired) electrons. The van der Waals surface area contributed by atoms with Crippen LogP contribution in [-0.2, 0) is 17.8 Å². The second-order valence-corrected chi connectivity index (χ2v) is 6.39. The SMILES string of the molecule is CC1(C)Cc2c(sc3[nH]c(=O)c(C#N)c(N)c23)CO1. The number of rotatable bonds is 0. The number of ether oxygens (including phenoxy) is 1. The van der Waals surface area contributed by atoms with Crippen LogP contribution in [0.1, 0.15) is 29.9 Å². The molecule has 0 unspecified atom stereocenters. The van der Waals surface area contributed by atoms with Crippen LogP contribution in [0.15, 0.2) is 4.79 Å². The number of anilines is 1. The van der Waals surface area contributed by atoms with Crippen LogP contribution in [0.25, 0.3) is 10.2 Å². The Hall–Kier alpha value is -1.84. The van der Waals surface area contributed by atoms with E-state index in [0.29, 0.717) is 6.61 Å². The summed E-state index contributed by atoms with van der Waals surface area (Å²) in [7, 11) is 0. The van der Waals surface area contributed by atoms with Gasteiger partial charge in [0.15, 0.2) is 0 Å². The fourth-order valence-corrected chi connectivity index (χ4v) is 3.59. The van der Waals surface area contributed by atoms with Crippen molar-refractivity contribution < 1.29 is 4.74 Å². The van der Waals surface area contributed by atoms with Gasteiger partial charge < -0.3 is 15.5 Å². The number of nitrogens with two attached hydrogens (primary N) is 1. The van der Waals surface area contributed by atoms with Gasteiger partial charge in [0.2, 0.25) is 0 Å². The van der Waals surface area contributed by atoms with Crippen molar-refractivity contribution in [2.75, 3.05) is 5.73 Å². The van der Waals surface area contributed by atoms with Crippen molar-refractivity contribution in [1.82, 2.24) is 4.98 Å². The van der Waals surface area contributed by atoms with Crippen LogP contribution in [0.4, 0.5) is 5.69 Å². The molecular formula is C13H13N3O2S. The van der Waals surface area contributed by atoms with Gasteiger partial charge in [-0.2, -0.15) is 5.26 Å². The molecule has 1 aliphatic rings. The molecule has 2 aromatic heterocycles. The van der Waals surface area contributed by atoms with Crippen molar-refractivity contribution in [2.45, 2.75) is 32.5 Å². The predicted molar refractivity (Wildman–Crippen MR) is 74.1 cm³/mol. The molecule has 3 heterocycles. The molecule has 0 aliphatic carbocycles. The molecule has 3 rings (SSSR count). The lowest BCUT2D eigenvalue weighted by Crippen LogP contribution is -2.31. The van der Waals surface area contributed by atoms with Gasteiger partial charge in [-0.25, -0.2) is 0 Å². The van der Waals surface area contributed by atoms with Gasteiger partial charge in [0.1, 0.15) is 16.5 Å². The van der Waals surface area contributed by atoms with E-state index >= 15 is 0 Å². The Kier molecular flexibility index (Phi) is 2.46. The van der Waals surface area contributed by atoms with Crippen LogP contribution in [-0.4, -0.2) is 10.6 Å². The Bertz CT molecular complexity index is 780. The molecule has 3 N–H and O–H groups in total. The molecule has 0 amide bonds. The first-order valence-electron chi connectivity index (χ1n) is 5.93. The summed E-state index contributed by atoms with van der Waals surface area (Å²) in [5, 5.41) is 9.84. The van der Waals surface area contributed by atoms with Crippen LogP contribution in [0.2, 0.25) is 0 Å². The Morgan fingerprint density at radius 1 is 1.53 bits per heavy atom. The third-order valence-corrected chi connectivity index (χ3v) is 4.51. The number of fused-ring (bicyclic) bond motifs is 3. The number of H-pyrrole nitrogens is 1. The van der Waals surface area contributed by atoms with E-state index < -0.39 is 5.56 Å². The maximum Gasteiger partial charge on any atom is 0.269 e. The molecular weight excluding hydrogens is 262 g/mol. The van der Waals surface area contributed by atoms with E-state index in [-0.39, 0.29) is 16.9 Å². The first-order chi connectivity index (χ1) is 8.93. The van der Waals surface area contributed by atoms with E-state index in [1.807, 2.05) is 19.9 Å². The number of nitriles is 1. The van der Waals surface area contributed by atoms with E-state index in [0.717, 1.165) is 27.1 Å². The molecule has 0 saturated carbocycles. The maximum atomic E-state index is 11.7. The lowest BCUT2D eigenvalue weighted by molar-refractivity contribution is -0.0379. The maximum absolute atomic E-state index is 11.7. The topological polar surface area (TPSA) is 91.9 Å². The molecule has 2 aromatic rings. The minimum absolute atomic E-state index is 0.00241. The van der Waals surface area contributed by atoms with Crippen molar-refractivity contribution in [3.8, 4) is 6.07 Å². The molecule has 19 heavy (non-hydrogen) atoms. The summed E-state index contributed by atoms with van der Waals surface area (Å²) in [6, 6.07) is 1.88. The summed E-state index contributed by atoms with van der Waals surface area (Å²) in [5.74, 6) is 0. The van der Waals surface area contributed by atoms with Crippen molar-refractivity contribution >= 4 is 27.2 Å². The van der Waals surface area contributed by atoms with Crippen molar-refractivity contribution in [3.05, 3.63) is 26.4 Å². The number of nitrogens with one attached hydrogen (secondary N) is 1. The Morgan fingerprint density at radius 3 is 2.95 bits per heavy atom. The highest BCUT2D eigenvalue weighted by atomic mass is 32.1. The highest BCUT2D eigenvalue weighted by Gasteiger charge is 2.30. The molecule has 1 aliphatic heterocycles. The molecule has 0 fully saturated rings. The number of thiophene rings is 1. The summed E-state index contributed by atoms with van der Waals surface area (Å²) in [6.45, 7) is 4.56. The smallest absolute Gasteiger partial charge is 0.269 e. The van der Waals surface area contributed by atoms with E-state index in [9.17, 15) is 4.79 Å². The Morgan fingerprint density at radius 2 is 2.26 bits per heavy atom. The first kappa shape index (κ1) is 12.2. The summed E-state index contributed by atoms with van der Waals surface area (Å²) < 4.78 is 5.76. The van der Waals surface area contributed by atoms with Crippen LogP contribution < -0.4 is 11.3 Å². The molecule has 98 valence electrons. The van der Waals surface area contributed by atoms with Crippen molar-refractivity contribution in [2.24, 2.45) is 0 Å². The van der Waals surface area contributed by atoms with E-state index in [2.05, 4.69) is 4.98 Å². The van der Waals surface area contributed by atoms with Gasteiger partial charge in [0, 0.05) is 16.7 Å². The third kappa shape index (κ3) is 1.74. The van der Waals surface area contributed by atoms with Crippen molar-refractivity contribution in [1.29, 1.82) is 5.26 Å². The molecule has 5 nitrogen and oxygen atoms in total. The zero-order valence-electron chi connectivity index (χ0n) is 10.7. The van der Waals surface area contributed by atoms with Crippen LogP contribution in [0.3, 0.4) is 0 Å². The van der Waals surface area contributed by atoms with Gasteiger partial charge in [0.05, 0.1) is 17.9 Å². The molecule has 0 aromatic carbocycles. The molecule has 0 saturated heterocycles. The quantitative estimate of drug-likeness (QED) is 0.768. The fraction of sp³-hybridized carbons (Fsp3) is 0.385. The zero-order valence-corrected chi connectivity index (χ0v) is 11.5. The number of nitrogens with zero attached hydrogens (tertiary/aromatic N) is 1. The molecule has 6 heteroatoms. The summed E-state index contributed by atoms with van der Waals surface area (Å²) in [4.78, 5) is 16.3. The second kappa shape index (κ2) is 3.83. The van der Waals surface area contributed by atoms with E-state index in [1.54, 1.807) is 0 Å². The average molecular weight is 275 g/mol. The molecule has 0 bridgehead atoms. The van der Waals surface area contributed by atoms with E-state index in [4.69, 9.17) is 15.7 Å². The summed E-state index contributed by atoms with van der Waals surface area (Å²) >= 11 is 1.48. The van der Waals surface area contributed by atoms with Gasteiger partial charge in [-0.15, -0.1) is 11.3 Å². The van der Waals surface area contributed by atoms with Crippen LogP contribution in [0.5, 0.6) is 0 Å². The second-order valence-electron chi connectivity index (χ2n) is 5.29. The van der Waals surface area contributed by atoms with Crippen LogP contribution in [0, 0.1) is 11.3 Å². The number of aromatic nitrogens is 1. The van der Waals surface area contributed by atoms with Crippen LogP contribution >= 0.6 is 11.3 Å². The van der Waals surface area contributed by atoms with E-state index in [1.165, 1.54) is 11.3 Å². The Balaban J connectivity index is 2.38. The van der Waals surface area contributed by atoms with Gasteiger partial charge in [-0.3, -0.25) is 4.79 Å². The molecule has 0 atom stereocenters. The minimum atomic E-state index is -0.425. The largest absolute Gasteiger partial charge is 0.397 e. The number of hydrogen-bond acceptors (Lipinski definition) is 5. The number of hydrogen-bond donors (Lipinski definition) is 2. The average Bonchev–Trinajstić information content (AvgIpc) is 2.65. The predicted octanol–water partition coefficient (Wildman–Crippen LogP) is 1.89. The Labute approximate surface area is 113 Å². The zero-order chi connectivity index (χ0) is 13.8. The standard InChI is InChI=1S/C13H13N3O2S/c1-13(2)3-6-8(5-18-13)19-12-9(6)10(15)7(4-14)11(17)16-12/h3,5H2,1-2H3,(H3,15,16,17). The van der Waals surface area contributed by atoms with Crippen molar-refractivity contribution in [3.63, 3.8) is 0 Å². The van der Waals surface area contributed by atoms with Gasteiger partial charge >= 0.3 is 0 Å². The lowest BCUT2D eigenvalue weighted by atomic mass is 9.93. The number of nitrogen functional groups attached to an aromatic ring is 1. The number of aromatic amines is 1. The highest BCUT2D eigenvalue weighted by Crippen LogP contribution is 2.40. The lowest BCUT2D eigenvalue weighted by Gasteiger charge is -2.30. The highest BCUT2D eigenvalue weighted by molar-refractivity contribution is 7.19. The monoisotopic (exact) mass is 275 g/mol. The fourth-order valence-electron chi connectivity index (χ4n) is 2.45. The molecule has 0 spiro atoms. The van der Waals surface area contributed by atoms with Gasteiger partial charge in [0.25, 0.3) is 5.56 Å². The summed E-state index contributed by atoms with van der Waals surface area (Å²) in [6.07, 6.45) is 0.726. The minimum Gasteiger partial charge on any atom is -0.397 e. The van der Waals surface area contributed by atoms with Gasteiger partial charge in [-0.1, -0.05) is 0 Å².